The molecule has 18 heavy (non-hydrogen) atoms. The van der Waals surface area contributed by atoms with Crippen molar-refractivity contribution in [3.8, 4) is 0 Å². The molecule has 4 heteroatoms. The Morgan fingerprint density at radius 1 is 1.22 bits per heavy atom. The van der Waals surface area contributed by atoms with Crippen molar-refractivity contribution in [3.63, 3.8) is 0 Å². The van der Waals surface area contributed by atoms with E-state index in [4.69, 9.17) is 0 Å². The lowest BCUT2D eigenvalue weighted by Gasteiger charge is -2.13. The van der Waals surface area contributed by atoms with Crippen molar-refractivity contribution in [2.24, 2.45) is 5.92 Å². The fourth-order valence-electron chi connectivity index (χ4n) is 1.86. The molecule has 1 aromatic carbocycles. The van der Waals surface area contributed by atoms with E-state index in [1.165, 1.54) is 12.1 Å². The summed E-state index contributed by atoms with van der Waals surface area (Å²) >= 11 is 3.57. The quantitative estimate of drug-likeness (QED) is 0.632. The van der Waals surface area contributed by atoms with E-state index < -0.39 is 11.7 Å². The van der Waals surface area contributed by atoms with Gasteiger partial charge in [0.25, 0.3) is 0 Å². The van der Waals surface area contributed by atoms with Crippen LogP contribution in [0.4, 0.5) is 13.2 Å². The molecule has 102 valence electrons. The summed E-state index contributed by atoms with van der Waals surface area (Å²) in [7, 11) is 0. The number of hydrogen-bond acceptors (Lipinski definition) is 0. The van der Waals surface area contributed by atoms with Gasteiger partial charge in [-0.1, -0.05) is 48.0 Å². The van der Waals surface area contributed by atoms with Gasteiger partial charge in [0.15, 0.2) is 0 Å². The van der Waals surface area contributed by atoms with Crippen LogP contribution in [0, 0.1) is 5.92 Å². The largest absolute Gasteiger partial charge is 0.416 e. The Bertz CT molecular complexity index is 372. The predicted molar refractivity (Wildman–Crippen MR) is 71.9 cm³/mol. The van der Waals surface area contributed by atoms with Crippen molar-refractivity contribution in [1.82, 2.24) is 0 Å². The highest BCUT2D eigenvalue weighted by Crippen LogP contribution is 2.30. The second-order valence-corrected chi connectivity index (χ2v) is 6.26. The monoisotopic (exact) mass is 322 g/mol. The van der Waals surface area contributed by atoms with Gasteiger partial charge < -0.3 is 0 Å². The van der Waals surface area contributed by atoms with Gasteiger partial charge in [-0.2, -0.15) is 13.2 Å². The minimum absolute atomic E-state index is 0.368. The van der Waals surface area contributed by atoms with Gasteiger partial charge in [0.05, 0.1) is 5.56 Å². The molecule has 0 aromatic heterocycles. The van der Waals surface area contributed by atoms with E-state index in [2.05, 4.69) is 29.8 Å². The Labute approximate surface area is 115 Å². The third-order valence-electron chi connectivity index (χ3n) is 2.73. The molecule has 0 saturated carbocycles. The maximum absolute atomic E-state index is 12.5. The number of halogens is 4. The Morgan fingerprint density at radius 2 is 1.89 bits per heavy atom. The molecule has 0 aliphatic rings. The SMILES string of the molecule is CC(C)CC(Br)CCc1cccc(C(F)(F)F)c1. The molecule has 0 N–H and O–H groups in total. The van der Waals surface area contributed by atoms with Crippen LogP contribution in [0.5, 0.6) is 0 Å². The van der Waals surface area contributed by atoms with E-state index in [0.717, 1.165) is 24.5 Å². The lowest BCUT2D eigenvalue weighted by Crippen LogP contribution is -2.07. The molecule has 0 heterocycles. The molecule has 0 amide bonds. The molecule has 1 aromatic rings. The summed E-state index contributed by atoms with van der Waals surface area (Å²) in [6.07, 6.45) is -1.67. The van der Waals surface area contributed by atoms with Crippen LogP contribution in [0.15, 0.2) is 24.3 Å². The summed E-state index contributed by atoms with van der Waals surface area (Å²) in [6.45, 7) is 4.27. The van der Waals surface area contributed by atoms with Crippen LogP contribution in [0.25, 0.3) is 0 Å². The van der Waals surface area contributed by atoms with Crippen molar-refractivity contribution in [3.05, 3.63) is 35.4 Å². The highest BCUT2D eigenvalue weighted by molar-refractivity contribution is 9.09. The number of hydrogen-bond donors (Lipinski definition) is 0. The van der Waals surface area contributed by atoms with Crippen LogP contribution >= 0.6 is 15.9 Å². The van der Waals surface area contributed by atoms with Gasteiger partial charge in [-0.25, -0.2) is 0 Å². The first-order chi connectivity index (χ1) is 8.29. The Morgan fingerprint density at radius 3 is 2.44 bits per heavy atom. The Hall–Kier alpha value is -0.510. The Kier molecular flexibility index (Phi) is 5.70. The Balaban J connectivity index is 2.58. The first kappa shape index (κ1) is 15.5. The third kappa shape index (κ3) is 5.42. The highest BCUT2D eigenvalue weighted by Gasteiger charge is 2.30. The molecule has 1 atom stereocenters. The standard InChI is InChI=1S/C14H18BrF3/c1-10(2)8-13(15)7-6-11-4-3-5-12(9-11)14(16,17)18/h3-5,9-10,13H,6-8H2,1-2H3. The molecular formula is C14H18BrF3. The number of benzene rings is 1. The van der Waals surface area contributed by atoms with Crippen LogP contribution in [0.2, 0.25) is 0 Å². The minimum Gasteiger partial charge on any atom is -0.166 e. The zero-order chi connectivity index (χ0) is 13.8. The molecule has 0 nitrogen and oxygen atoms in total. The molecule has 1 unspecified atom stereocenters. The topological polar surface area (TPSA) is 0 Å². The predicted octanol–water partition coefficient (Wildman–Crippen LogP) is 5.45. The van der Waals surface area contributed by atoms with Crippen molar-refractivity contribution >= 4 is 15.9 Å². The van der Waals surface area contributed by atoms with E-state index in [9.17, 15) is 13.2 Å². The second-order valence-electron chi connectivity index (χ2n) is 4.96. The molecule has 1 rings (SSSR count). The van der Waals surface area contributed by atoms with E-state index in [-0.39, 0.29) is 0 Å². The number of alkyl halides is 4. The minimum atomic E-state index is -4.25. The van der Waals surface area contributed by atoms with Crippen molar-refractivity contribution < 1.29 is 13.2 Å². The average molecular weight is 323 g/mol. The molecule has 0 bridgehead atoms. The van der Waals surface area contributed by atoms with Gasteiger partial charge >= 0.3 is 6.18 Å². The molecule has 0 radical (unpaired) electrons. The third-order valence-corrected chi connectivity index (χ3v) is 3.56. The van der Waals surface area contributed by atoms with Crippen LogP contribution in [-0.4, -0.2) is 4.83 Å². The zero-order valence-corrected chi connectivity index (χ0v) is 12.2. The van der Waals surface area contributed by atoms with E-state index in [1.54, 1.807) is 6.07 Å². The molecule has 0 aliphatic heterocycles. The summed E-state index contributed by atoms with van der Waals surface area (Å²) < 4.78 is 37.6. The second kappa shape index (κ2) is 6.60. The van der Waals surface area contributed by atoms with Gasteiger partial charge in [-0.15, -0.1) is 0 Å². The van der Waals surface area contributed by atoms with Crippen LogP contribution in [0.1, 0.15) is 37.8 Å². The molecule has 0 fully saturated rings. The van der Waals surface area contributed by atoms with Crippen LogP contribution < -0.4 is 0 Å². The maximum Gasteiger partial charge on any atom is 0.416 e. The van der Waals surface area contributed by atoms with Crippen molar-refractivity contribution in [2.45, 2.75) is 44.1 Å². The summed E-state index contributed by atoms with van der Waals surface area (Å²) in [5, 5.41) is 0. The van der Waals surface area contributed by atoms with Gasteiger partial charge in [0, 0.05) is 4.83 Å². The lowest BCUT2D eigenvalue weighted by molar-refractivity contribution is -0.137. The average Bonchev–Trinajstić information content (AvgIpc) is 2.25. The van der Waals surface area contributed by atoms with E-state index in [1.807, 2.05) is 0 Å². The maximum atomic E-state index is 12.5. The summed E-state index contributed by atoms with van der Waals surface area (Å²) in [4.78, 5) is 0.368. The van der Waals surface area contributed by atoms with E-state index in [0.29, 0.717) is 17.2 Å². The van der Waals surface area contributed by atoms with Gasteiger partial charge in [-0.05, 0) is 36.8 Å². The van der Waals surface area contributed by atoms with Crippen molar-refractivity contribution in [1.29, 1.82) is 0 Å². The van der Waals surface area contributed by atoms with Gasteiger partial charge in [-0.3, -0.25) is 0 Å². The fourth-order valence-corrected chi connectivity index (χ4v) is 2.83. The van der Waals surface area contributed by atoms with Gasteiger partial charge in [0.2, 0.25) is 0 Å². The molecule has 0 aliphatic carbocycles. The number of rotatable bonds is 5. The van der Waals surface area contributed by atoms with Crippen LogP contribution in [0.3, 0.4) is 0 Å². The number of aryl methyl sites for hydroxylation is 1. The summed E-state index contributed by atoms with van der Waals surface area (Å²) in [5.74, 6) is 0.593. The fraction of sp³-hybridized carbons (Fsp3) is 0.571. The summed E-state index contributed by atoms with van der Waals surface area (Å²) in [5.41, 5.74) is 0.188. The summed E-state index contributed by atoms with van der Waals surface area (Å²) in [6, 6.07) is 5.59. The van der Waals surface area contributed by atoms with E-state index >= 15 is 0 Å². The first-order valence-corrected chi connectivity index (χ1v) is 7.01. The van der Waals surface area contributed by atoms with Crippen LogP contribution in [-0.2, 0) is 12.6 Å². The smallest absolute Gasteiger partial charge is 0.166 e. The lowest BCUT2D eigenvalue weighted by atomic mass is 10.0. The molecule has 0 saturated heterocycles. The zero-order valence-electron chi connectivity index (χ0n) is 10.6. The highest BCUT2D eigenvalue weighted by atomic mass is 79.9. The van der Waals surface area contributed by atoms with Gasteiger partial charge in [0.1, 0.15) is 0 Å². The van der Waals surface area contributed by atoms with Crippen molar-refractivity contribution in [2.75, 3.05) is 0 Å². The molecular weight excluding hydrogens is 305 g/mol. The molecule has 0 spiro atoms. The first-order valence-electron chi connectivity index (χ1n) is 6.09. The normalized spacial score (nSPS) is 13.9.